The molecule has 0 radical (unpaired) electrons. The Morgan fingerprint density at radius 1 is 1.19 bits per heavy atom. The Bertz CT molecular complexity index is 574. The second-order valence-electron chi connectivity index (χ2n) is 5.94. The quantitative estimate of drug-likeness (QED) is 0.558. The average molecular weight is 361 g/mol. The van der Waals surface area contributed by atoms with Crippen molar-refractivity contribution < 1.29 is 9.53 Å². The van der Waals surface area contributed by atoms with E-state index in [0.29, 0.717) is 0 Å². The van der Waals surface area contributed by atoms with Gasteiger partial charge >= 0.3 is 0 Å². The van der Waals surface area contributed by atoms with Crippen LogP contribution in [0.3, 0.4) is 0 Å². The number of benzene rings is 1. The second kappa shape index (κ2) is 14.0. The number of Topliss-reactive ketones (excluding diaryl/α,β-unsaturated/α-hetero) is 1. The van der Waals surface area contributed by atoms with E-state index in [2.05, 4.69) is 23.6 Å². The smallest absolute Gasteiger partial charge is 0.151 e. The predicted molar refractivity (Wildman–Crippen MR) is 112 cm³/mol. The summed E-state index contributed by atoms with van der Waals surface area (Å²) in [6, 6.07) is 7.81. The summed E-state index contributed by atoms with van der Waals surface area (Å²) < 4.78 is 5.22. The molecule has 1 atom stereocenters. The molecule has 0 spiro atoms. The van der Waals surface area contributed by atoms with Crippen LogP contribution in [-0.2, 0) is 4.79 Å². The van der Waals surface area contributed by atoms with Crippen LogP contribution in [0.5, 0.6) is 5.75 Å². The highest BCUT2D eigenvalue weighted by molar-refractivity contribution is 5.81. The van der Waals surface area contributed by atoms with Crippen LogP contribution in [-0.4, -0.2) is 18.9 Å². The molecule has 4 heteroatoms. The normalized spacial score (nSPS) is 12.6. The Hall–Kier alpha value is -2.23. The number of carbonyl (C=O) groups excluding carboxylic acids is 1. The van der Waals surface area contributed by atoms with Crippen LogP contribution in [0.2, 0.25) is 0 Å². The zero-order chi connectivity index (χ0) is 19.9. The maximum atomic E-state index is 11.3. The molecule has 4 nitrogen and oxygen atoms in total. The van der Waals surface area contributed by atoms with Crippen molar-refractivity contribution in [3.63, 3.8) is 0 Å². The van der Waals surface area contributed by atoms with Crippen molar-refractivity contribution in [3.8, 4) is 5.75 Å². The molecule has 0 aliphatic heterocycles. The lowest BCUT2D eigenvalue weighted by molar-refractivity contribution is -0.118. The van der Waals surface area contributed by atoms with Gasteiger partial charge in [0.15, 0.2) is 5.78 Å². The molecule has 0 bridgehead atoms. The summed E-state index contributed by atoms with van der Waals surface area (Å²) >= 11 is 0. The molecule has 0 amide bonds. The lowest BCUT2D eigenvalue weighted by Gasteiger charge is -2.14. The Balaban J connectivity index is 0.00000301. The molecule has 0 heterocycles. The van der Waals surface area contributed by atoms with Gasteiger partial charge in [0.25, 0.3) is 0 Å². The molecule has 0 aliphatic carbocycles. The van der Waals surface area contributed by atoms with Gasteiger partial charge in [0.05, 0.1) is 13.2 Å². The first-order chi connectivity index (χ1) is 12.5. The number of hydrogen-bond donors (Lipinski definition) is 2. The number of nitrogens with one attached hydrogen (secondary N) is 2. The molecule has 1 aromatic rings. The predicted octanol–water partition coefficient (Wildman–Crippen LogP) is 5.27. The summed E-state index contributed by atoms with van der Waals surface area (Å²) in [5, 5.41) is 6.53. The van der Waals surface area contributed by atoms with E-state index in [9.17, 15) is 4.79 Å². The summed E-state index contributed by atoms with van der Waals surface area (Å²) in [5.74, 6) is 0.965. The standard InChI is InChI=1S/C20H30N2O2.C2H6/c1-6-7-8-9-20(18-10-12-19(24-5)13-11-18)21-14-15(2)22-16(3)17(4)23;1-2/h9-14,16,21-22H,6-8H2,1-5H3;1-2H3/b15-14+,20-9-;. The highest BCUT2D eigenvalue weighted by Gasteiger charge is 2.06. The van der Waals surface area contributed by atoms with Crippen molar-refractivity contribution in [2.24, 2.45) is 0 Å². The molecule has 0 aliphatic rings. The van der Waals surface area contributed by atoms with Crippen molar-refractivity contribution in [2.75, 3.05) is 7.11 Å². The van der Waals surface area contributed by atoms with Gasteiger partial charge in [0, 0.05) is 17.6 Å². The van der Waals surface area contributed by atoms with E-state index in [1.165, 1.54) is 6.42 Å². The van der Waals surface area contributed by atoms with Crippen LogP contribution in [0.25, 0.3) is 5.70 Å². The first kappa shape index (κ1) is 23.8. The molecule has 1 rings (SSSR count). The number of ketones is 1. The van der Waals surface area contributed by atoms with Crippen molar-refractivity contribution in [2.45, 2.75) is 66.8 Å². The van der Waals surface area contributed by atoms with Gasteiger partial charge in [0.1, 0.15) is 5.75 Å². The van der Waals surface area contributed by atoms with E-state index in [4.69, 9.17) is 4.74 Å². The van der Waals surface area contributed by atoms with Gasteiger partial charge in [-0.15, -0.1) is 0 Å². The van der Waals surface area contributed by atoms with Gasteiger partial charge in [-0.25, -0.2) is 0 Å². The Labute approximate surface area is 159 Å². The third-order valence-corrected chi connectivity index (χ3v) is 3.81. The van der Waals surface area contributed by atoms with Gasteiger partial charge in [-0.05, 0) is 63.4 Å². The lowest BCUT2D eigenvalue weighted by atomic mass is 10.1. The van der Waals surface area contributed by atoms with Crippen LogP contribution in [0.1, 0.15) is 66.4 Å². The van der Waals surface area contributed by atoms with Gasteiger partial charge in [-0.1, -0.05) is 33.3 Å². The van der Waals surface area contributed by atoms with Crippen LogP contribution in [0, 0.1) is 0 Å². The highest BCUT2D eigenvalue weighted by Crippen LogP contribution is 2.18. The second-order valence-corrected chi connectivity index (χ2v) is 5.94. The SMILES string of the molecule is CC.CCCC/C=C(\N/C=C(\C)NC(C)C(C)=O)c1ccc(OC)cc1. The molecule has 1 unspecified atom stereocenters. The minimum absolute atomic E-state index is 0.122. The Kier molecular flexibility index (Phi) is 12.8. The first-order valence-corrected chi connectivity index (χ1v) is 9.52. The molecule has 0 saturated heterocycles. The molecule has 0 aromatic heterocycles. The van der Waals surface area contributed by atoms with Crippen LogP contribution in [0.15, 0.2) is 42.2 Å². The number of ether oxygens (including phenoxy) is 1. The number of unbranched alkanes of at least 4 members (excludes halogenated alkanes) is 2. The van der Waals surface area contributed by atoms with E-state index in [1.54, 1.807) is 14.0 Å². The minimum Gasteiger partial charge on any atom is -0.497 e. The maximum absolute atomic E-state index is 11.3. The van der Waals surface area contributed by atoms with Crippen molar-refractivity contribution in [1.29, 1.82) is 0 Å². The molecule has 1 aromatic carbocycles. The zero-order valence-electron chi connectivity index (χ0n) is 17.5. The van der Waals surface area contributed by atoms with E-state index < -0.39 is 0 Å². The fourth-order valence-electron chi connectivity index (χ4n) is 2.15. The van der Waals surface area contributed by atoms with Gasteiger partial charge in [-0.3, -0.25) is 4.79 Å². The van der Waals surface area contributed by atoms with E-state index in [0.717, 1.165) is 35.5 Å². The minimum atomic E-state index is -0.184. The molecule has 146 valence electrons. The van der Waals surface area contributed by atoms with Crippen LogP contribution in [0.4, 0.5) is 0 Å². The summed E-state index contributed by atoms with van der Waals surface area (Å²) in [4.78, 5) is 11.3. The van der Waals surface area contributed by atoms with Crippen LogP contribution < -0.4 is 15.4 Å². The van der Waals surface area contributed by atoms with Gasteiger partial charge in [0.2, 0.25) is 0 Å². The maximum Gasteiger partial charge on any atom is 0.151 e. The zero-order valence-corrected chi connectivity index (χ0v) is 17.5. The van der Waals surface area contributed by atoms with Crippen LogP contribution >= 0.6 is 0 Å². The number of carbonyl (C=O) groups is 1. The molecule has 0 saturated carbocycles. The summed E-state index contributed by atoms with van der Waals surface area (Å²) in [5.41, 5.74) is 3.09. The number of rotatable bonds is 10. The fraction of sp³-hybridized carbons (Fsp3) is 0.500. The average Bonchev–Trinajstić information content (AvgIpc) is 2.66. The van der Waals surface area contributed by atoms with E-state index in [1.807, 2.05) is 58.2 Å². The van der Waals surface area contributed by atoms with Crippen molar-refractivity contribution >= 4 is 11.5 Å². The largest absolute Gasteiger partial charge is 0.497 e. The topological polar surface area (TPSA) is 50.4 Å². The summed E-state index contributed by atoms with van der Waals surface area (Å²) in [7, 11) is 1.67. The number of methoxy groups -OCH3 is 1. The summed E-state index contributed by atoms with van der Waals surface area (Å²) in [6.45, 7) is 11.6. The van der Waals surface area contributed by atoms with E-state index in [-0.39, 0.29) is 11.8 Å². The first-order valence-electron chi connectivity index (χ1n) is 9.52. The van der Waals surface area contributed by atoms with E-state index >= 15 is 0 Å². The van der Waals surface area contributed by atoms with Gasteiger partial charge < -0.3 is 15.4 Å². The summed E-state index contributed by atoms with van der Waals surface area (Å²) in [6.07, 6.45) is 7.46. The van der Waals surface area contributed by atoms with Crippen molar-refractivity contribution in [1.82, 2.24) is 10.6 Å². The third-order valence-electron chi connectivity index (χ3n) is 3.81. The fourth-order valence-corrected chi connectivity index (χ4v) is 2.15. The molecule has 0 fully saturated rings. The molecule has 26 heavy (non-hydrogen) atoms. The number of hydrogen-bond acceptors (Lipinski definition) is 4. The molecular weight excluding hydrogens is 324 g/mol. The highest BCUT2D eigenvalue weighted by atomic mass is 16.5. The van der Waals surface area contributed by atoms with Crippen molar-refractivity contribution in [3.05, 3.63) is 47.8 Å². The molecule has 2 N–H and O–H groups in total. The molecular formula is C22H36N2O2. The van der Waals surface area contributed by atoms with Gasteiger partial charge in [-0.2, -0.15) is 0 Å². The Morgan fingerprint density at radius 3 is 2.31 bits per heavy atom. The lowest BCUT2D eigenvalue weighted by Crippen LogP contribution is -2.31. The monoisotopic (exact) mass is 360 g/mol. The third kappa shape index (κ3) is 9.30. The Morgan fingerprint density at radius 2 is 1.81 bits per heavy atom. The number of allylic oxidation sites excluding steroid dienone is 2.